The van der Waals surface area contributed by atoms with Crippen molar-refractivity contribution < 1.29 is 0 Å². The van der Waals surface area contributed by atoms with E-state index in [9.17, 15) is 0 Å². The number of hydrogen-bond acceptors (Lipinski definition) is 1. The van der Waals surface area contributed by atoms with Crippen LogP contribution in [0.5, 0.6) is 0 Å². The zero-order valence-corrected chi connectivity index (χ0v) is 7.03. The minimum Gasteiger partial charge on any atom is -0.0881 e. The lowest BCUT2D eigenvalue weighted by Crippen LogP contribution is -1.85. The molecule has 10 heavy (non-hydrogen) atoms. The fourth-order valence-electron chi connectivity index (χ4n) is 0.887. The summed E-state index contributed by atoms with van der Waals surface area (Å²) in [5.74, 6) is 0. The van der Waals surface area contributed by atoms with Crippen LogP contribution in [0.25, 0.3) is 0 Å². The molecule has 1 aromatic rings. The van der Waals surface area contributed by atoms with Crippen molar-refractivity contribution in [1.82, 2.24) is 0 Å². The summed E-state index contributed by atoms with van der Waals surface area (Å²) >= 11 is 4.84. The Morgan fingerprint density at radius 2 is 2.00 bits per heavy atom. The number of hydrogen-bond donors (Lipinski definition) is 0. The molecule has 0 saturated carbocycles. The summed E-state index contributed by atoms with van der Waals surface area (Å²) in [6, 6.07) is 6.29. The van der Waals surface area contributed by atoms with Gasteiger partial charge in [0.1, 0.15) is 0 Å². The first-order valence-electron chi connectivity index (χ1n) is 3.26. The number of thiocarbonyl (C=S) groups is 1. The van der Waals surface area contributed by atoms with Crippen LogP contribution in [-0.2, 0) is 0 Å². The summed E-state index contributed by atoms with van der Waals surface area (Å²) in [7, 11) is 0. The Bertz CT molecular complexity index is 251. The normalized spacial score (nSPS) is 9.40. The van der Waals surface area contributed by atoms with Gasteiger partial charge in [0.2, 0.25) is 0 Å². The van der Waals surface area contributed by atoms with E-state index in [0.717, 1.165) is 5.56 Å². The molecule has 0 fully saturated rings. The van der Waals surface area contributed by atoms with E-state index in [1.54, 1.807) is 5.37 Å². The van der Waals surface area contributed by atoms with E-state index >= 15 is 0 Å². The van der Waals surface area contributed by atoms with Crippen molar-refractivity contribution in [2.75, 3.05) is 0 Å². The number of benzene rings is 1. The quantitative estimate of drug-likeness (QED) is 0.555. The second-order valence-corrected chi connectivity index (χ2v) is 2.71. The first-order valence-corrected chi connectivity index (χ1v) is 3.73. The van der Waals surface area contributed by atoms with E-state index in [0.29, 0.717) is 0 Å². The Balaban J connectivity index is 3.21. The molecule has 0 aliphatic heterocycles. The van der Waals surface area contributed by atoms with Crippen molar-refractivity contribution in [3.63, 3.8) is 0 Å². The highest BCUT2D eigenvalue weighted by molar-refractivity contribution is 7.79. The van der Waals surface area contributed by atoms with Gasteiger partial charge in [-0.3, -0.25) is 0 Å². The first-order chi connectivity index (χ1) is 4.74. The number of rotatable bonds is 1. The van der Waals surface area contributed by atoms with E-state index in [-0.39, 0.29) is 0 Å². The lowest BCUT2D eigenvalue weighted by molar-refractivity contribution is 1.39. The Morgan fingerprint density at radius 3 is 2.50 bits per heavy atom. The summed E-state index contributed by atoms with van der Waals surface area (Å²) in [5, 5.41) is 1.72. The molecule has 1 aromatic carbocycles. The van der Waals surface area contributed by atoms with Crippen LogP contribution in [0.4, 0.5) is 0 Å². The molecule has 0 unspecified atom stereocenters. The minimum atomic E-state index is 1.16. The third-order valence-electron chi connectivity index (χ3n) is 1.56. The van der Waals surface area contributed by atoms with Crippen LogP contribution in [0.1, 0.15) is 16.7 Å². The second-order valence-electron chi connectivity index (χ2n) is 2.48. The van der Waals surface area contributed by atoms with Gasteiger partial charge in [0.05, 0.1) is 0 Å². The van der Waals surface area contributed by atoms with Crippen molar-refractivity contribution in [3.05, 3.63) is 34.9 Å². The molecule has 1 rings (SSSR count). The highest BCUT2D eigenvalue weighted by Gasteiger charge is 1.92. The summed E-state index contributed by atoms with van der Waals surface area (Å²) < 4.78 is 0. The predicted octanol–water partition coefficient (Wildman–Crippen LogP) is 2.65. The molecule has 0 aromatic heterocycles. The Morgan fingerprint density at radius 1 is 1.30 bits per heavy atom. The summed E-state index contributed by atoms with van der Waals surface area (Å²) in [6.07, 6.45) is 0. The lowest BCUT2D eigenvalue weighted by atomic mass is 10.1. The molecule has 0 saturated heterocycles. The molecular formula is C9H10S. The van der Waals surface area contributed by atoms with Gasteiger partial charge in [0.15, 0.2) is 0 Å². The smallest absolute Gasteiger partial charge is 0.00888 e. The molecule has 0 radical (unpaired) electrons. The molecule has 1 heteroatoms. The van der Waals surface area contributed by atoms with Crippen molar-refractivity contribution >= 4 is 17.6 Å². The topological polar surface area (TPSA) is 0 Å². The van der Waals surface area contributed by atoms with Gasteiger partial charge >= 0.3 is 0 Å². The molecule has 0 heterocycles. The molecule has 0 bridgehead atoms. The van der Waals surface area contributed by atoms with Crippen LogP contribution >= 0.6 is 12.2 Å². The highest BCUT2D eigenvalue weighted by atomic mass is 32.1. The molecule has 0 aliphatic carbocycles. The van der Waals surface area contributed by atoms with E-state index in [1.165, 1.54) is 11.1 Å². The fraction of sp³-hybridized carbons (Fsp3) is 0.222. The average molecular weight is 150 g/mol. The SMILES string of the molecule is Cc1ccc(C)c(C=S)c1. The fourth-order valence-corrected chi connectivity index (χ4v) is 1.14. The van der Waals surface area contributed by atoms with Crippen molar-refractivity contribution in [2.24, 2.45) is 0 Å². The van der Waals surface area contributed by atoms with Crippen LogP contribution in [0, 0.1) is 13.8 Å². The Labute approximate surface area is 66.9 Å². The average Bonchev–Trinajstić information content (AvgIpc) is 1.94. The summed E-state index contributed by atoms with van der Waals surface area (Å²) in [5.41, 5.74) is 3.68. The van der Waals surface area contributed by atoms with Crippen molar-refractivity contribution in [1.29, 1.82) is 0 Å². The largest absolute Gasteiger partial charge is 0.0881 e. The monoisotopic (exact) mass is 150 g/mol. The molecule has 0 aliphatic rings. The zero-order chi connectivity index (χ0) is 7.56. The predicted molar refractivity (Wildman–Crippen MR) is 48.7 cm³/mol. The van der Waals surface area contributed by atoms with Gasteiger partial charge in [0, 0.05) is 5.37 Å². The Kier molecular flexibility index (Phi) is 2.17. The van der Waals surface area contributed by atoms with Crippen molar-refractivity contribution in [2.45, 2.75) is 13.8 Å². The maximum absolute atomic E-state index is 4.84. The molecule has 0 N–H and O–H groups in total. The third kappa shape index (κ3) is 1.42. The highest BCUT2D eigenvalue weighted by Crippen LogP contribution is 2.07. The van der Waals surface area contributed by atoms with Gasteiger partial charge in [-0.05, 0) is 25.0 Å². The molecule has 0 spiro atoms. The van der Waals surface area contributed by atoms with Gasteiger partial charge in [-0.2, -0.15) is 0 Å². The van der Waals surface area contributed by atoms with Gasteiger partial charge in [-0.25, -0.2) is 0 Å². The molecular weight excluding hydrogens is 140 g/mol. The Hall–Kier alpha value is -0.690. The molecule has 0 nitrogen and oxygen atoms in total. The van der Waals surface area contributed by atoms with Crippen molar-refractivity contribution in [3.8, 4) is 0 Å². The maximum Gasteiger partial charge on any atom is 0.00888 e. The van der Waals surface area contributed by atoms with E-state index in [4.69, 9.17) is 12.2 Å². The van der Waals surface area contributed by atoms with Crippen LogP contribution in [0.2, 0.25) is 0 Å². The zero-order valence-electron chi connectivity index (χ0n) is 6.22. The van der Waals surface area contributed by atoms with Crippen LogP contribution < -0.4 is 0 Å². The van der Waals surface area contributed by atoms with Crippen LogP contribution in [0.3, 0.4) is 0 Å². The van der Waals surface area contributed by atoms with Gasteiger partial charge in [-0.1, -0.05) is 36.0 Å². The lowest BCUT2D eigenvalue weighted by Gasteiger charge is -1.98. The standard InChI is InChI=1S/C9H10S/c1-7-3-4-8(2)9(5-7)6-10/h3-6H,1-2H3. The number of aryl methyl sites for hydroxylation is 2. The first kappa shape index (κ1) is 7.42. The van der Waals surface area contributed by atoms with E-state index < -0.39 is 0 Å². The van der Waals surface area contributed by atoms with Crippen LogP contribution in [0.15, 0.2) is 18.2 Å². The minimum absolute atomic E-state index is 1.16. The third-order valence-corrected chi connectivity index (χ3v) is 1.82. The van der Waals surface area contributed by atoms with Crippen LogP contribution in [-0.4, -0.2) is 5.37 Å². The molecule has 0 amide bonds. The van der Waals surface area contributed by atoms with Gasteiger partial charge in [0.25, 0.3) is 0 Å². The molecule has 52 valence electrons. The maximum atomic E-state index is 4.84. The molecule has 0 atom stereocenters. The second kappa shape index (κ2) is 2.93. The van der Waals surface area contributed by atoms with Gasteiger partial charge in [-0.15, -0.1) is 0 Å². The van der Waals surface area contributed by atoms with E-state index in [2.05, 4.69) is 32.0 Å². The summed E-state index contributed by atoms with van der Waals surface area (Å²) in [6.45, 7) is 4.14. The van der Waals surface area contributed by atoms with E-state index in [1.807, 2.05) is 0 Å². The summed E-state index contributed by atoms with van der Waals surface area (Å²) in [4.78, 5) is 0. The van der Waals surface area contributed by atoms with Gasteiger partial charge < -0.3 is 0 Å².